The number of hydrogen-bond acceptors (Lipinski definition) is 6. The number of phenolic OH excluding ortho intramolecular Hbond substituents is 1. The maximum absolute atomic E-state index is 13.3. The van der Waals surface area contributed by atoms with Crippen molar-refractivity contribution in [3.8, 4) is 17.2 Å². The summed E-state index contributed by atoms with van der Waals surface area (Å²) in [6, 6.07) is 14.2. The summed E-state index contributed by atoms with van der Waals surface area (Å²) in [7, 11) is 2.87. The van der Waals surface area contributed by atoms with E-state index in [9.17, 15) is 19.8 Å². The molecule has 0 aromatic heterocycles. The number of methoxy groups -OCH3 is 2. The molecule has 174 valence electrons. The number of ether oxygens (including phenoxy) is 2. The zero-order valence-corrected chi connectivity index (χ0v) is 19.6. The Morgan fingerprint density at radius 3 is 2.18 bits per heavy atom. The van der Waals surface area contributed by atoms with Crippen molar-refractivity contribution in [2.45, 2.75) is 6.04 Å². The van der Waals surface area contributed by atoms with Gasteiger partial charge in [-0.2, -0.15) is 0 Å². The minimum absolute atomic E-state index is 0.00436. The molecule has 3 aromatic rings. The third kappa shape index (κ3) is 4.04. The van der Waals surface area contributed by atoms with E-state index in [1.54, 1.807) is 36.4 Å². The molecule has 0 saturated carbocycles. The largest absolute Gasteiger partial charge is 0.508 e. The molecule has 2 N–H and O–H groups in total. The molecule has 1 fully saturated rings. The van der Waals surface area contributed by atoms with Gasteiger partial charge in [0.25, 0.3) is 11.7 Å². The summed E-state index contributed by atoms with van der Waals surface area (Å²) in [5, 5.41) is 21.6. The number of aromatic hydroxyl groups is 1. The number of anilines is 1. The molecule has 9 heteroatoms. The van der Waals surface area contributed by atoms with Gasteiger partial charge in [0.05, 0.1) is 36.4 Å². The lowest BCUT2D eigenvalue weighted by atomic mass is 9.94. The minimum atomic E-state index is -1.02. The Morgan fingerprint density at radius 2 is 1.56 bits per heavy atom. The molecule has 0 aliphatic carbocycles. The summed E-state index contributed by atoms with van der Waals surface area (Å²) in [4.78, 5) is 27.7. The standard InChI is InChI=1S/C25H19Cl2NO6/c1-33-19-9-5-14(26)11-17(19)23(30)21-22(13-3-7-16(29)8-4-13)28(25(32)24(21)31)15-6-10-20(34-2)18(27)12-15/h3-12,22,29-30H,1-2H3/b23-21+. The topological polar surface area (TPSA) is 96.3 Å². The van der Waals surface area contributed by atoms with E-state index >= 15 is 0 Å². The molecule has 0 bridgehead atoms. The Kier molecular flexibility index (Phi) is 6.41. The van der Waals surface area contributed by atoms with Gasteiger partial charge in [-0.15, -0.1) is 0 Å². The molecule has 7 nitrogen and oxygen atoms in total. The van der Waals surface area contributed by atoms with Gasteiger partial charge < -0.3 is 19.7 Å². The number of carbonyl (C=O) groups excluding carboxylic acids is 2. The van der Waals surface area contributed by atoms with E-state index in [1.165, 1.54) is 43.4 Å². The molecule has 3 aromatic carbocycles. The third-order valence-electron chi connectivity index (χ3n) is 5.48. The van der Waals surface area contributed by atoms with E-state index < -0.39 is 23.5 Å². The fourth-order valence-corrected chi connectivity index (χ4v) is 4.31. The van der Waals surface area contributed by atoms with Crippen LogP contribution in [-0.4, -0.2) is 36.1 Å². The van der Waals surface area contributed by atoms with Gasteiger partial charge in [0.2, 0.25) is 0 Å². The second-order valence-electron chi connectivity index (χ2n) is 7.42. The summed E-state index contributed by atoms with van der Waals surface area (Å²) in [6.45, 7) is 0. The van der Waals surface area contributed by atoms with Gasteiger partial charge in [-0.3, -0.25) is 14.5 Å². The average Bonchev–Trinajstić information content (AvgIpc) is 3.09. The number of nitrogens with zero attached hydrogens (tertiary/aromatic N) is 1. The number of halogens is 2. The number of aliphatic hydroxyl groups excluding tert-OH is 1. The molecule has 0 spiro atoms. The van der Waals surface area contributed by atoms with Crippen LogP contribution in [-0.2, 0) is 9.59 Å². The van der Waals surface area contributed by atoms with Crippen molar-refractivity contribution in [3.05, 3.63) is 87.4 Å². The lowest BCUT2D eigenvalue weighted by Gasteiger charge is -2.26. The van der Waals surface area contributed by atoms with E-state index in [-0.39, 0.29) is 27.7 Å². The molecule has 1 saturated heterocycles. The van der Waals surface area contributed by atoms with Crippen molar-refractivity contribution in [2.75, 3.05) is 19.1 Å². The Balaban J connectivity index is 1.98. The van der Waals surface area contributed by atoms with Crippen LogP contribution >= 0.6 is 23.2 Å². The number of carbonyl (C=O) groups is 2. The highest BCUT2D eigenvalue weighted by atomic mass is 35.5. The number of hydrogen-bond donors (Lipinski definition) is 2. The van der Waals surface area contributed by atoms with Crippen LogP contribution in [0.3, 0.4) is 0 Å². The number of phenols is 1. The first-order valence-corrected chi connectivity index (χ1v) is 10.8. The van der Waals surface area contributed by atoms with Crippen LogP contribution in [0.1, 0.15) is 17.2 Å². The highest BCUT2D eigenvalue weighted by Gasteiger charge is 2.47. The number of Topliss-reactive ketones (excluding diaryl/α,β-unsaturated/α-hetero) is 1. The van der Waals surface area contributed by atoms with Crippen LogP contribution in [0, 0.1) is 0 Å². The molecule has 0 radical (unpaired) electrons. The first-order valence-electron chi connectivity index (χ1n) is 10.0. The fourth-order valence-electron chi connectivity index (χ4n) is 3.89. The zero-order chi connectivity index (χ0) is 24.6. The Morgan fingerprint density at radius 1 is 0.912 bits per heavy atom. The van der Waals surface area contributed by atoms with Crippen molar-refractivity contribution in [3.63, 3.8) is 0 Å². The van der Waals surface area contributed by atoms with Gasteiger partial charge in [0.15, 0.2) is 0 Å². The second kappa shape index (κ2) is 9.29. The van der Waals surface area contributed by atoms with E-state index in [0.717, 1.165) is 0 Å². The van der Waals surface area contributed by atoms with Crippen molar-refractivity contribution in [1.82, 2.24) is 0 Å². The number of ketones is 1. The number of benzene rings is 3. The van der Waals surface area contributed by atoms with E-state index in [4.69, 9.17) is 32.7 Å². The smallest absolute Gasteiger partial charge is 0.300 e. The number of amides is 1. The molecule has 1 heterocycles. The van der Waals surface area contributed by atoms with Crippen LogP contribution in [0.15, 0.2) is 66.2 Å². The molecule has 1 atom stereocenters. The monoisotopic (exact) mass is 499 g/mol. The number of aliphatic hydroxyl groups is 1. The highest BCUT2D eigenvalue weighted by Crippen LogP contribution is 2.45. The lowest BCUT2D eigenvalue weighted by molar-refractivity contribution is -0.132. The molecule has 4 rings (SSSR count). The second-order valence-corrected chi connectivity index (χ2v) is 8.27. The van der Waals surface area contributed by atoms with Crippen LogP contribution in [0.5, 0.6) is 17.2 Å². The maximum Gasteiger partial charge on any atom is 0.300 e. The summed E-state index contributed by atoms with van der Waals surface area (Å²) >= 11 is 12.4. The van der Waals surface area contributed by atoms with Gasteiger partial charge in [0, 0.05) is 10.7 Å². The summed E-state index contributed by atoms with van der Waals surface area (Å²) in [5.41, 5.74) is 0.794. The van der Waals surface area contributed by atoms with Gasteiger partial charge in [0.1, 0.15) is 23.0 Å². The quantitative estimate of drug-likeness (QED) is 0.279. The van der Waals surface area contributed by atoms with Crippen molar-refractivity contribution in [2.24, 2.45) is 0 Å². The van der Waals surface area contributed by atoms with Gasteiger partial charge in [-0.25, -0.2) is 0 Å². The summed E-state index contributed by atoms with van der Waals surface area (Å²) in [6.07, 6.45) is 0. The molecular formula is C25H19Cl2NO6. The Bertz CT molecular complexity index is 1320. The fraction of sp³-hybridized carbons (Fsp3) is 0.120. The molecule has 1 unspecified atom stereocenters. The zero-order valence-electron chi connectivity index (χ0n) is 18.1. The van der Waals surface area contributed by atoms with Gasteiger partial charge in [-0.05, 0) is 54.1 Å². The lowest BCUT2D eigenvalue weighted by Crippen LogP contribution is -2.29. The normalized spacial score (nSPS) is 17.2. The van der Waals surface area contributed by atoms with Crippen molar-refractivity contribution < 1.29 is 29.3 Å². The minimum Gasteiger partial charge on any atom is -0.508 e. The van der Waals surface area contributed by atoms with Crippen LogP contribution < -0.4 is 14.4 Å². The van der Waals surface area contributed by atoms with Gasteiger partial charge in [-0.1, -0.05) is 35.3 Å². The van der Waals surface area contributed by atoms with E-state index in [1.807, 2.05) is 0 Å². The predicted molar refractivity (Wildman–Crippen MR) is 129 cm³/mol. The van der Waals surface area contributed by atoms with Crippen molar-refractivity contribution in [1.29, 1.82) is 0 Å². The third-order valence-corrected chi connectivity index (χ3v) is 6.01. The Hall–Kier alpha value is -3.68. The highest BCUT2D eigenvalue weighted by molar-refractivity contribution is 6.52. The predicted octanol–water partition coefficient (Wildman–Crippen LogP) is 5.34. The molecule has 1 amide bonds. The molecule has 1 aliphatic rings. The SMILES string of the molecule is COc1ccc(N2C(=O)C(=O)/C(=C(/O)c3cc(Cl)ccc3OC)C2c2ccc(O)cc2)cc1Cl. The van der Waals surface area contributed by atoms with E-state index in [2.05, 4.69) is 0 Å². The van der Waals surface area contributed by atoms with Crippen LogP contribution in [0.25, 0.3) is 5.76 Å². The first kappa shape index (κ1) is 23.5. The average molecular weight is 500 g/mol. The number of rotatable bonds is 5. The summed E-state index contributed by atoms with van der Waals surface area (Å²) < 4.78 is 10.5. The van der Waals surface area contributed by atoms with Crippen molar-refractivity contribution >= 4 is 46.3 Å². The Labute approximate surface area is 205 Å². The van der Waals surface area contributed by atoms with Crippen LogP contribution in [0.2, 0.25) is 10.0 Å². The van der Waals surface area contributed by atoms with Crippen LogP contribution in [0.4, 0.5) is 5.69 Å². The van der Waals surface area contributed by atoms with E-state index in [0.29, 0.717) is 22.0 Å². The van der Waals surface area contributed by atoms with Gasteiger partial charge >= 0.3 is 0 Å². The molecule has 34 heavy (non-hydrogen) atoms. The molecule has 1 aliphatic heterocycles. The molecular weight excluding hydrogens is 481 g/mol. The first-order chi connectivity index (χ1) is 16.3. The maximum atomic E-state index is 13.3. The summed E-state index contributed by atoms with van der Waals surface area (Å²) in [5.74, 6) is -1.54.